The highest BCUT2D eigenvalue weighted by Gasteiger charge is 2.24. The molecule has 1 aromatic carbocycles. The minimum Gasteiger partial charge on any atom is -0.492 e. The number of hydrogen-bond acceptors (Lipinski definition) is 4. The lowest BCUT2D eigenvalue weighted by Crippen LogP contribution is -2.38. The molecule has 1 N–H and O–H groups in total. The lowest BCUT2D eigenvalue weighted by atomic mass is 9.93. The van der Waals surface area contributed by atoms with E-state index in [4.69, 9.17) is 21.1 Å². The van der Waals surface area contributed by atoms with Crippen LogP contribution in [0, 0.1) is 5.92 Å². The Morgan fingerprint density at radius 1 is 1.45 bits per heavy atom. The zero-order valence-electron chi connectivity index (χ0n) is 12.3. The van der Waals surface area contributed by atoms with Crippen LogP contribution in [0.5, 0.6) is 5.75 Å². The third-order valence-corrected chi connectivity index (χ3v) is 4.35. The standard InChI is InChI=1S/C17H18ClNO3/c1-21-17(20)12-2-3-13-9-19-15(10-22-16(13)8-12)11-4-6-14(18)7-5-11/h2-4,6-8,11,15,19H,5,9-10H2,1H3/t11?,15-/m1/s1. The molecule has 0 spiro atoms. The molecule has 0 aromatic heterocycles. The number of hydrogen-bond donors (Lipinski definition) is 1. The monoisotopic (exact) mass is 319 g/mol. The van der Waals surface area contributed by atoms with Crippen LogP contribution in [-0.2, 0) is 11.3 Å². The number of carbonyl (C=O) groups is 1. The van der Waals surface area contributed by atoms with Gasteiger partial charge >= 0.3 is 5.97 Å². The number of benzene rings is 1. The Morgan fingerprint density at radius 2 is 2.32 bits per heavy atom. The number of halogens is 1. The Labute approximate surface area is 134 Å². The molecule has 2 atom stereocenters. The third-order valence-electron chi connectivity index (χ3n) is 4.07. The number of fused-ring (bicyclic) bond motifs is 1. The van der Waals surface area contributed by atoms with E-state index in [2.05, 4.69) is 11.4 Å². The lowest BCUT2D eigenvalue weighted by Gasteiger charge is -2.24. The van der Waals surface area contributed by atoms with Gasteiger partial charge in [-0.15, -0.1) is 0 Å². The summed E-state index contributed by atoms with van der Waals surface area (Å²) >= 11 is 5.97. The van der Waals surface area contributed by atoms with Gasteiger partial charge in [0, 0.05) is 23.2 Å². The lowest BCUT2D eigenvalue weighted by molar-refractivity contribution is 0.0600. The van der Waals surface area contributed by atoms with E-state index in [-0.39, 0.29) is 12.0 Å². The van der Waals surface area contributed by atoms with Gasteiger partial charge < -0.3 is 14.8 Å². The van der Waals surface area contributed by atoms with Crippen molar-refractivity contribution in [1.29, 1.82) is 0 Å². The van der Waals surface area contributed by atoms with Crippen LogP contribution in [0.4, 0.5) is 0 Å². The Morgan fingerprint density at radius 3 is 3.05 bits per heavy atom. The van der Waals surface area contributed by atoms with E-state index in [1.807, 2.05) is 18.2 Å². The average molecular weight is 320 g/mol. The van der Waals surface area contributed by atoms with E-state index < -0.39 is 0 Å². The van der Waals surface area contributed by atoms with Gasteiger partial charge in [0.05, 0.1) is 12.7 Å². The zero-order valence-corrected chi connectivity index (χ0v) is 13.1. The molecule has 116 valence electrons. The second kappa shape index (κ2) is 6.55. The number of methoxy groups -OCH3 is 1. The molecule has 0 saturated carbocycles. The van der Waals surface area contributed by atoms with Crippen LogP contribution in [0.25, 0.3) is 0 Å². The van der Waals surface area contributed by atoms with Crippen molar-refractivity contribution in [2.24, 2.45) is 5.92 Å². The third kappa shape index (κ3) is 3.18. The quantitative estimate of drug-likeness (QED) is 0.851. The predicted molar refractivity (Wildman–Crippen MR) is 85.1 cm³/mol. The Balaban J connectivity index is 1.72. The van der Waals surface area contributed by atoms with Crippen molar-refractivity contribution in [3.8, 4) is 5.75 Å². The van der Waals surface area contributed by atoms with Crippen LogP contribution in [0.2, 0.25) is 0 Å². The molecule has 0 bridgehead atoms. The van der Waals surface area contributed by atoms with Crippen molar-refractivity contribution in [3.05, 3.63) is 52.6 Å². The minimum atomic E-state index is -0.352. The van der Waals surface area contributed by atoms with Gasteiger partial charge in [0.2, 0.25) is 0 Å². The first kappa shape index (κ1) is 15.1. The maximum atomic E-state index is 11.6. The van der Waals surface area contributed by atoms with Gasteiger partial charge in [-0.05, 0) is 30.5 Å². The van der Waals surface area contributed by atoms with Gasteiger partial charge in [0.15, 0.2) is 0 Å². The fourth-order valence-electron chi connectivity index (χ4n) is 2.74. The van der Waals surface area contributed by atoms with Crippen LogP contribution in [0.1, 0.15) is 22.3 Å². The fourth-order valence-corrected chi connectivity index (χ4v) is 2.91. The minimum absolute atomic E-state index is 0.214. The normalized spacial score (nSPS) is 23.8. The summed E-state index contributed by atoms with van der Waals surface area (Å²) in [7, 11) is 1.38. The summed E-state index contributed by atoms with van der Waals surface area (Å²) in [5.74, 6) is 0.748. The average Bonchev–Trinajstić information content (AvgIpc) is 2.77. The van der Waals surface area contributed by atoms with Crippen LogP contribution < -0.4 is 10.1 Å². The van der Waals surface area contributed by atoms with Crippen LogP contribution in [-0.4, -0.2) is 25.7 Å². The van der Waals surface area contributed by atoms with Gasteiger partial charge in [-0.1, -0.05) is 29.8 Å². The summed E-state index contributed by atoms with van der Waals surface area (Å²) in [6, 6.07) is 5.63. The molecule has 1 heterocycles. The summed E-state index contributed by atoms with van der Waals surface area (Å²) in [5, 5.41) is 4.31. The molecule has 3 rings (SSSR count). The van der Waals surface area contributed by atoms with Crippen molar-refractivity contribution >= 4 is 17.6 Å². The SMILES string of the molecule is COC(=O)c1ccc2c(c1)OC[C@H](C1C=CC(Cl)=CC1)NC2. The molecule has 2 aliphatic rings. The molecule has 22 heavy (non-hydrogen) atoms. The summed E-state index contributed by atoms with van der Waals surface area (Å²) in [4.78, 5) is 11.6. The van der Waals surface area contributed by atoms with E-state index in [0.717, 1.165) is 22.8 Å². The second-order valence-corrected chi connectivity index (χ2v) is 5.90. The Hall–Kier alpha value is -1.78. The molecule has 1 unspecified atom stereocenters. The van der Waals surface area contributed by atoms with Gasteiger partial charge in [-0.25, -0.2) is 4.79 Å². The Bertz CT molecular complexity index is 639. The molecular weight excluding hydrogens is 302 g/mol. The molecule has 5 heteroatoms. The first-order valence-electron chi connectivity index (χ1n) is 7.28. The Kier molecular flexibility index (Phi) is 4.50. The molecule has 1 aliphatic carbocycles. The highest BCUT2D eigenvalue weighted by molar-refractivity contribution is 6.31. The predicted octanol–water partition coefficient (Wildman–Crippen LogP) is 3.02. The molecule has 0 fully saturated rings. The van der Waals surface area contributed by atoms with Gasteiger partial charge in [-0.2, -0.15) is 0 Å². The van der Waals surface area contributed by atoms with Gasteiger partial charge in [-0.3, -0.25) is 0 Å². The molecule has 1 aromatic rings. The largest absolute Gasteiger partial charge is 0.492 e. The van der Waals surface area contributed by atoms with Gasteiger partial charge in [0.1, 0.15) is 12.4 Å². The van der Waals surface area contributed by atoms with E-state index in [1.54, 1.807) is 12.1 Å². The van der Waals surface area contributed by atoms with E-state index in [9.17, 15) is 4.79 Å². The van der Waals surface area contributed by atoms with E-state index in [1.165, 1.54) is 7.11 Å². The number of ether oxygens (including phenoxy) is 2. The smallest absolute Gasteiger partial charge is 0.337 e. The first-order valence-corrected chi connectivity index (χ1v) is 7.66. The molecule has 1 aliphatic heterocycles. The molecule has 0 amide bonds. The maximum absolute atomic E-state index is 11.6. The van der Waals surface area contributed by atoms with Crippen LogP contribution in [0.15, 0.2) is 41.5 Å². The van der Waals surface area contributed by atoms with Crippen molar-refractivity contribution < 1.29 is 14.3 Å². The summed E-state index contributed by atoms with van der Waals surface area (Å²) in [5.41, 5.74) is 1.55. The number of esters is 1. The van der Waals surface area contributed by atoms with Crippen molar-refractivity contribution in [3.63, 3.8) is 0 Å². The van der Waals surface area contributed by atoms with Crippen molar-refractivity contribution in [1.82, 2.24) is 5.32 Å². The van der Waals surface area contributed by atoms with E-state index >= 15 is 0 Å². The van der Waals surface area contributed by atoms with Gasteiger partial charge in [0.25, 0.3) is 0 Å². The fraction of sp³-hybridized carbons (Fsp3) is 0.353. The molecular formula is C17H18ClNO3. The topological polar surface area (TPSA) is 47.6 Å². The van der Waals surface area contributed by atoms with Crippen LogP contribution >= 0.6 is 11.6 Å². The second-order valence-electron chi connectivity index (χ2n) is 5.46. The zero-order chi connectivity index (χ0) is 15.5. The van der Waals surface area contributed by atoms with Crippen molar-refractivity contribution in [2.45, 2.75) is 19.0 Å². The number of carbonyl (C=O) groups excluding carboxylic acids is 1. The first-order chi connectivity index (χ1) is 10.7. The summed E-state index contributed by atoms with van der Waals surface area (Å²) in [6.07, 6.45) is 6.99. The summed E-state index contributed by atoms with van der Waals surface area (Å²) in [6.45, 7) is 1.27. The summed E-state index contributed by atoms with van der Waals surface area (Å²) < 4.78 is 10.7. The number of allylic oxidation sites excluding steroid dienone is 3. The van der Waals surface area contributed by atoms with E-state index in [0.29, 0.717) is 24.6 Å². The van der Waals surface area contributed by atoms with Crippen molar-refractivity contribution in [2.75, 3.05) is 13.7 Å². The maximum Gasteiger partial charge on any atom is 0.337 e. The highest BCUT2D eigenvalue weighted by atomic mass is 35.5. The molecule has 0 saturated heterocycles. The molecule has 4 nitrogen and oxygen atoms in total. The number of nitrogens with one attached hydrogen (secondary N) is 1. The number of rotatable bonds is 2. The molecule has 0 radical (unpaired) electrons. The highest BCUT2D eigenvalue weighted by Crippen LogP contribution is 2.27. The van der Waals surface area contributed by atoms with Crippen LogP contribution in [0.3, 0.4) is 0 Å².